The van der Waals surface area contributed by atoms with Crippen LogP contribution in [0, 0.1) is 7.43 Å². The smallest absolute Gasteiger partial charge is 0 e. The van der Waals surface area contributed by atoms with Crippen molar-refractivity contribution in [3.05, 3.63) is 7.43 Å². The van der Waals surface area contributed by atoms with Crippen molar-refractivity contribution in [2.24, 2.45) is 0 Å². The third kappa shape index (κ3) is 39.2. The zero-order valence-corrected chi connectivity index (χ0v) is 10.8. The molecule has 0 aromatic carbocycles. The van der Waals surface area contributed by atoms with E-state index in [-0.39, 0.29) is 40.1 Å². The second-order valence-corrected chi connectivity index (χ2v) is 10.1. The fourth-order valence-electron chi connectivity index (χ4n) is 0. The zero-order chi connectivity index (χ0) is 3.58. The molecule has 36 valence electrons. The zero-order valence-electron chi connectivity index (χ0n) is 5.08. The molecule has 0 nitrogen and oxygen atoms in total. The van der Waals surface area contributed by atoms with Crippen molar-refractivity contribution in [3.63, 3.8) is 0 Å². The van der Waals surface area contributed by atoms with Crippen molar-refractivity contribution in [1.82, 2.24) is 0 Å². The predicted octanol–water partition coefficient (Wildman–Crippen LogP) is 1.82. The van der Waals surface area contributed by atoms with Crippen LogP contribution in [0.1, 0.15) is 0 Å². The summed E-state index contributed by atoms with van der Waals surface area (Å²) in [7, 11) is 0. The second kappa shape index (κ2) is 10.0. The summed E-state index contributed by atoms with van der Waals surface area (Å²) in [6, 6.07) is 0. The van der Waals surface area contributed by atoms with E-state index in [1.165, 1.54) is 0 Å². The first-order valence-electron chi connectivity index (χ1n) is 1.50. The largest absolute Gasteiger partial charge is 0 e. The molecule has 2 heteroatoms. The average Bonchev–Trinajstić information content (AvgIpc) is 0.811. The Morgan fingerprint density at radius 3 is 1.00 bits per heavy atom. The molecule has 2 radical (unpaired) electrons. The van der Waals surface area contributed by atoms with Crippen LogP contribution >= 0.6 is 0 Å². The monoisotopic (exact) mass is 269 g/mol. The molecule has 0 amide bonds. The van der Waals surface area contributed by atoms with E-state index in [1.54, 1.807) is 0 Å². The van der Waals surface area contributed by atoms with Gasteiger partial charge in [0.2, 0.25) is 0 Å². The average molecular weight is 268 g/mol. The van der Waals surface area contributed by atoms with Crippen LogP contribution in [-0.4, -0.2) is 19.8 Å². The van der Waals surface area contributed by atoms with Gasteiger partial charge in [-0.05, 0) is 0 Å². The van der Waals surface area contributed by atoms with Crippen LogP contribution in [0.25, 0.3) is 0 Å². The van der Waals surface area contributed by atoms with Gasteiger partial charge in [-0.3, -0.25) is 0 Å². The first kappa shape index (κ1) is 15.7. The Bertz CT molecular complexity index is 12.3. The van der Waals surface area contributed by atoms with E-state index >= 15 is 0 Å². The topological polar surface area (TPSA) is 0 Å². The van der Waals surface area contributed by atoms with Gasteiger partial charge in [0, 0.05) is 32.7 Å². The van der Waals surface area contributed by atoms with E-state index in [9.17, 15) is 0 Å². The molecule has 0 unspecified atom stereocenters. The van der Waals surface area contributed by atoms with Crippen molar-refractivity contribution in [2.75, 3.05) is 0 Å². The first-order chi connectivity index (χ1) is 1.73. The van der Waals surface area contributed by atoms with E-state index in [4.69, 9.17) is 0 Å². The third-order valence-corrected chi connectivity index (χ3v) is 0. The molecular formula is C4H12SnY-. The van der Waals surface area contributed by atoms with Crippen LogP contribution in [0.2, 0.25) is 14.8 Å². The van der Waals surface area contributed by atoms with E-state index < -0.39 is 19.8 Å². The van der Waals surface area contributed by atoms with Crippen molar-refractivity contribution < 1.29 is 32.7 Å². The molecule has 0 aromatic heterocycles. The molecule has 0 fully saturated rings. The van der Waals surface area contributed by atoms with Crippen molar-refractivity contribution in [3.8, 4) is 0 Å². The maximum atomic E-state index is 2.36. The molecule has 0 saturated heterocycles. The van der Waals surface area contributed by atoms with Crippen molar-refractivity contribution in [1.29, 1.82) is 0 Å². The summed E-state index contributed by atoms with van der Waals surface area (Å²) < 4.78 is 0. The minimum atomic E-state index is -0.543. The van der Waals surface area contributed by atoms with E-state index in [1.807, 2.05) is 0 Å². The van der Waals surface area contributed by atoms with E-state index in [2.05, 4.69) is 14.8 Å². The van der Waals surface area contributed by atoms with Crippen LogP contribution in [0.3, 0.4) is 0 Å². The Labute approximate surface area is 73.7 Å². The fourth-order valence-corrected chi connectivity index (χ4v) is 0. The molecular weight excluding hydrogens is 256 g/mol. The van der Waals surface area contributed by atoms with Gasteiger partial charge < -0.3 is 7.43 Å². The fraction of sp³-hybridized carbons (Fsp3) is 0.750. The molecule has 0 aromatic rings. The molecule has 0 aliphatic carbocycles. The van der Waals surface area contributed by atoms with Gasteiger partial charge in [-0.1, -0.05) is 0 Å². The molecule has 0 spiro atoms. The Hall–Kier alpha value is 1.90. The standard InChI is InChI=1S/4CH3.Sn.Y/h4*1H3;;/q;;;-1;;. The molecule has 0 bridgehead atoms. The van der Waals surface area contributed by atoms with Gasteiger partial charge in [-0.25, -0.2) is 0 Å². The summed E-state index contributed by atoms with van der Waals surface area (Å²) in [6.45, 7) is 0. The Morgan fingerprint density at radius 1 is 1.00 bits per heavy atom. The molecule has 6 heavy (non-hydrogen) atoms. The van der Waals surface area contributed by atoms with Gasteiger partial charge in [-0.15, -0.1) is 0 Å². The minimum Gasteiger partial charge on any atom is 0 e. The molecule has 0 heterocycles. The minimum absolute atomic E-state index is 0. The third-order valence-electron chi connectivity index (χ3n) is 0. The molecule has 0 aliphatic heterocycles. The van der Waals surface area contributed by atoms with Gasteiger partial charge in [0.25, 0.3) is 0 Å². The normalized spacial score (nSPS) is 6.00. The molecule has 0 saturated carbocycles. The van der Waals surface area contributed by atoms with Crippen LogP contribution in [0.15, 0.2) is 0 Å². The molecule has 0 atom stereocenters. The number of hydrogen-bond acceptors (Lipinski definition) is 0. The molecule has 0 aliphatic rings. The Balaban J connectivity index is -0.0000000450. The van der Waals surface area contributed by atoms with Gasteiger partial charge in [0.1, 0.15) is 0 Å². The van der Waals surface area contributed by atoms with Gasteiger partial charge in [0.05, 0.1) is 0 Å². The van der Waals surface area contributed by atoms with E-state index in [0.29, 0.717) is 0 Å². The Morgan fingerprint density at radius 2 is 1.00 bits per heavy atom. The number of hydrogen-bond donors (Lipinski definition) is 0. The predicted molar refractivity (Wildman–Crippen MR) is 29.8 cm³/mol. The Kier molecular flexibility index (Phi) is 26.1. The van der Waals surface area contributed by atoms with Crippen molar-refractivity contribution in [2.45, 2.75) is 14.8 Å². The van der Waals surface area contributed by atoms with Gasteiger partial charge in [-0.2, -0.15) is 0 Å². The second-order valence-electron chi connectivity index (χ2n) is 1.50. The van der Waals surface area contributed by atoms with Gasteiger partial charge in [0.15, 0.2) is 0 Å². The summed E-state index contributed by atoms with van der Waals surface area (Å²) in [6.07, 6.45) is 0. The molecule has 0 rings (SSSR count). The van der Waals surface area contributed by atoms with Crippen LogP contribution in [0.4, 0.5) is 0 Å². The first-order valence-corrected chi connectivity index (χ1v) is 10.1. The van der Waals surface area contributed by atoms with Crippen LogP contribution in [0.5, 0.6) is 0 Å². The maximum Gasteiger partial charge on any atom is 0 e. The summed E-state index contributed by atoms with van der Waals surface area (Å²) in [4.78, 5) is 7.09. The summed E-state index contributed by atoms with van der Waals surface area (Å²) in [5.74, 6) is 0. The maximum absolute atomic E-state index is 2.36. The van der Waals surface area contributed by atoms with E-state index in [0.717, 1.165) is 0 Å². The number of rotatable bonds is 0. The van der Waals surface area contributed by atoms with Crippen LogP contribution in [-0.2, 0) is 32.7 Å². The summed E-state index contributed by atoms with van der Waals surface area (Å²) in [5.41, 5.74) is 0. The summed E-state index contributed by atoms with van der Waals surface area (Å²) in [5, 5.41) is 0. The van der Waals surface area contributed by atoms with Gasteiger partial charge >= 0.3 is 34.6 Å². The van der Waals surface area contributed by atoms with Crippen molar-refractivity contribution >= 4 is 19.8 Å². The quantitative estimate of drug-likeness (QED) is 0.464. The SMILES string of the molecule is [CH3-].[CH3][Sn]([CH3])[CH3].[Y]. The summed E-state index contributed by atoms with van der Waals surface area (Å²) >= 11 is -0.543. The van der Waals surface area contributed by atoms with Crippen LogP contribution < -0.4 is 0 Å². The molecule has 0 N–H and O–H groups in total.